The van der Waals surface area contributed by atoms with Crippen LogP contribution in [0.1, 0.15) is 24.2 Å². The fourth-order valence-electron chi connectivity index (χ4n) is 3.69. The summed E-state index contributed by atoms with van der Waals surface area (Å²) in [6.07, 6.45) is 1.92. The second kappa shape index (κ2) is 8.18. The molecular weight excluding hydrogens is 382 g/mol. The van der Waals surface area contributed by atoms with Crippen LogP contribution in [0.4, 0.5) is 0 Å². The van der Waals surface area contributed by atoms with Gasteiger partial charge < -0.3 is 14.4 Å². The first-order valence-electron chi connectivity index (χ1n) is 9.98. The largest absolute Gasteiger partial charge is 0.497 e. The molecule has 7 nitrogen and oxygen atoms in total. The van der Waals surface area contributed by atoms with Gasteiger partial charge in [0, 0.05) is 18.2 Å². The molecule has 4 rings (SSSR count). The molecule has 30 heavy (non-hydrogen) atoms. The highest BCUT2D eigenvalue weighted by molar-refractivity contribution is 5.79. The van der Waals surface area contributed by atoms with Gasteiger partial charge in [0.05, 0.1) is 25.1 Å². The summed E-state index contributed by atoms with van der Waals surface area (Å²) in [7, 11) is 3.22. The van der Waals surface area contributed by atoms with E-state index in [1.807, 2.05) is 35.2 Å². The van der Waals surface area contributed by atoms with Gasteiger partial charge in [0.1, 0.15) is 23.9 Å². The van der Waals surface area contributed by atoms with E-state index in [9.17, 15) is 9.59 Å². The summed E-state index contributed by atoms with van der Waals surface area (Å²) in [5.41, 5.74) is 1.32. The number of carbonyl (C=O) groups is 1. The molecular formula is C23H25N3O4. The maximum Gasteiger partial charge on any atom is 0.261 e. The molecule has 0 aliphatic heterocycles. The Labute approximate surface area is 174 Å². The number of rotatable bonds is 7. The van der Waals surface area contributed by atoms with Gasteiger partial charge in [-0.1, -0.05) is 12.1 Å². The average Bonchev–Trinajstić information content (AvgIpc) is 3.59. The van der Waals surface area contributed by atoms with E-state index in [1.54, 1.807) is 33.3 Å². The van der Waals surface area contributed by atoms with Crippen molar-refractivity contribution in [1.82, 2.24) is 14.5 Å². The maximum atomic E-state index is 13.3. The molecule has 0 unspecified atom stereocenters. The molecule has 1 heterocycles. The van der Waals surface area contributed by atoms with E-state index in [1.165, 1.54) is 4.57 Å². The lowest BCUT2D eigenvalue weighted by Crippen LogP contribution is -2.38. The summed E-state index contributed by atoms with van der Waals surface area (Å²) >= 11 is 0. The predicted molar refractivity (Wildman–Crippen MR) is 114 cm³/mol. The van der Waals surface area contributed by atoms with E-state index < -0.39 is 0 Å². The molecule has 1 amide bonds. The Bertz CT molecular complexity index is 1150. The Hall–Kier alpha value is -3.35. The minimum absolute atomic E-state index is 0.0364. The van der Waals surface area contributed by atoms with Crippen molar-refractivity contribution in [3.63, 3.8) is 0 Å². The number of ether oxygens (including phenoxy) is 2. The van der Waals surface area contributed by atoms with Crippen LogP contribution in [0.3, 0.4) is 0 Å². The second-order valence-corrected chi connectivity index (χ2v) is 7.50. The molecule has 0 spiro atoms. The number of hydrogen-bond donors (Lipinski definition) is 0. The molecule has 1 aliphatic carbocycles. The standard InChI is InChI=1S/C23H25N3O4/c1-15-24-20-7-5-4-6-19(20)23(28)25(15)14-22(27)26(17-8-9-17)13-16-12-18(29-2)10-11-21(16)30-3/h4-7,10-12,17H,8-9,13-14H2,1-3H3. The first kappa shape index (κ1) is 19.9. The minimum atomic E-state index is -0.193. The highest BCUT2D eigenvalue weighted by Gasteiger charge is 2.33. The number of fused-ring (bicyclic) bond motifs is 1. The lowest BCUT2D eigenvalue weighted by atomic mass is 10.1. The van der Waals surface area contributed by atoms with E-state index in [2.05, 4.69) is 4.98 Å². The second-order valence-electron chi connectivity index (χ2n) is 7.50. The van der Waals surface area contributed by atoms with Crippen LogP contribution in [-0.2, 0) is 17.9 Å². The van der Waals surface area contributed by atoms with E-state index in [0.717, 1.165) is 18.4 Å². The van der Waals surface area contributed by atoms with Gasteiger partial charge in [-0.2, -0.15) is 0 Å². The lowest BCUT2D eigenvalue weighted by molar-refractivity contribution is -0.133. The summed E-state index contributed by atoms with van der Waals surface area (Å²) in [4.78, 5) is 32.5. The number of carbonyl (C=O) groups excluding carboxylic acids is 1. The molecule has 7 heteroatoms. The molecule has 2 aromatic carbocycles. The SMILES string of the molecule is COc1ccc(OC)c(CN(C(=O)Cn2c(C)nc3ccccc3c2=O)C2CC2)c1. The lowest BCUT2D eigenvalue weighted by Gasteiger charge is -2.24. The molecule has 1 aliphatic rings. The van der Waals surface area contributed by atoms with Crippen LogP contribution in [0.15, 0.2) is 47.3 Å². The zero-order valence-corrected chi connectivity index (χ0v) is 17.4. The minimum Gasteiger partial charge on any atom is -0.497 e. The number of hydrogen-bond acceptors (Lipinski definition) is 5. The first-order valence-corrected chi connectivity index (χ1v) is 9.98. The van der Waals surface area contributed by atoms with Crippen molar-refractivity contribution in [3.05, 3.63) is 64.2 Å². The topological polar surface area (TPSA) is 73.7 Å². The number of benzene rings is 2. The highest BCUT2D eigenvalue weighted by Crippen LogP contribution is 2.32. The zero-order valence-electron chi connectivity index (χ0n) is 17.4. The maximum absolute atomic E-state index is 13.3. The molecule has 1 saturated carbocycles. The third-order valence-corrected chi connectivity index (χ3v) is 5.48. The van der Waals surface area contributed by atoms with Crippen LogP contribution < -0.4 is 15.0 Å². The van der Waals surface area contributed by atoms with Crippen molar-refractivity contribution in [2.45, 2.75) is 38.9 Å². The van der Waals surface area contributed by atoms with Crippen molar-refractivity contribution in [3.8, 4) is 11.5 Å². The first-order chi connectivity index (χ1) is 14.5. The average molecular weight is 407 g/mol. The Morgan fingerprint density at radius 1 is 1.17 bits per heavy atom. The molecule has 0 saturated heterocycles. The number of aryl methyl sites for hydroxylation is 1. The van der Waals surface area contributed by atoms with Crippen LogP contribution in [0.25, 0.3) is 10.9 Å². The summed E-state index contributed by atoms with van der Waals surface area (Å²) in [6, 6.07) is 12.9. The predicted octanol–water partition coefficient (Wildman–Crippen LogP) is 2.91. The summed E-state index contributed by atoms with van der Waals surface area (Å²) in [5.74, 6) is 1.83. The number of amides is 1. The van der Waals surface area contributed by atoms with Gasteiger partial charge in [-0.3, -0.25) is 14.2 Å². The van der Waals surface area contributed by atoms with Crippen LogP contribution >= 0.6 is 0 Å². The quantitative estimate of drug-likeness (QED) is 0.602. The van der Waals surface area contributed by atoms with Gasteiger partial charge in [-0.05, 0) is 50.1 Å². The molecule has 0 radical (unpaired) electrons. The number of nitrogens with zero attached hydrogens (tertiary/aromatic N) is 3. The fraction of sp³-hybridized carbons (Fsp3) is 0.348. The van der Waals surface area contributed by atoms with Crippen molar-refractivity contribution in [2.75, 3.05) is 14.2 Å². The summed E-state index contributed by atoms with van der Waals surface area (Å²) in [5, 5.41) is 0.517. The molecule has 0 bridgehead atoms. The number of aromatic nitrogens is 2. The Morgan fingerprint density at radius 3 is 2.63 bits per heavy atom. The summed E-state index contributed by atoms with van der Waals surface area (Å²) in [6.45, 7) is 2.12. The zero-order chi connectivity index (χ0) is 21.3. The molecule has 3 aromatic rings. The number of para-hydroxylation sites is 1. The monoisotopic (exact) mass is 407 g/mol. The van der Waals surface area contributed by atoms with E-state index >= 15 is 0 Å². The van der Waals surface area contributed by atoms with Crippen molar-refractivity contribution in [1.29, 1.82) is 0 Å². The fourth-order valence-corrected chi connectivity index (χ4v) is 3.69. The third kappa shape index (κ3) is 3.87. The Balaban J connectivity index is 1.63. The van der Waals surface area contributed by atoms with Crippen molar-refractivity contribution >= 4 is 16.8 Å². The molecule has 0 N–H and O–H groups in total. The molecule has 0 atom stereocenters. The molecule has 1 aromatic heterocycles. The van der Waals surface area contributed by atoms with Gasteiger partial charge in [0.2, 0.25) is 5.91 Å². The smallest absolute Gasteiger partial charge is 0.261 e. The van der Waals surface area contributed by atoms with Crippen molar-refractivity contribution in [2.24, 2.45) is 0 Å². The van der Waals surface area contributed by atoms with Crippen LogP contribution in [0.2, 0.25) is 0 Å². The van der Waals surface area contributed by atoms with E-state index in [0.29, 0.717) is 34.8 Å². The van der Waals surface area contributed by atoms with Gasteiger partial charge in [0.15, 0.2) is 0 Å². The Kier molecular flexibility index (Phi) is 5.44. The summed E-state index contributed by atoms with van der Waals surface area (Å²) < 4.78 is 12.3. The van der Waals surface area contributed by atoms with Crippen LogP contribution in [0.5, 0.6) is 11.5 Å². The van der Waals surface area contributed by atoms with Gasteiger partial charge in [0.25, 0.3) is 5.56 Å². The molecule has 1 fully saturated rings. The van der Waals surface area contributed by atoms with Gasteiger partial charge >= 0.3 is 0 Å². The third-order valence-electron chi connectivity index (χ3n) is 5.48. The Morgan fingerprint density at radius 2 is 1.93 bits per heavy atom. The van der Waals surface area contributed by atoms with E-state index in [-0.39, 0.29) is 24.1 Å². The highest BCUT2D eigenvalue weighted by atomic mass is 16.5. The molecule has 156 valence electrons. The van der Waals surface area contributed by atoms with Gasteiger partial charge in [-0.25, -0.2) is 4.98 Å². The normalized spacial score (nSPS) is 13.3. The van der Waals surface area contributed by atoms with Crippen LogP contribution in [-0.4, -0.2) is 40.6 Å². The van der Waals surface area contributed by atoms with E-state index in [4.69, 9.17) is 9.47 Å². The van der Waals surface area contributed by atoms with Crippen molar-refractivity contribution < 1.29 is 14.3 Å². The van der Waals surface area contributed by atoms with Gasteiger partial charge in [-0.15, -0.1) is 0 Å². The number of methoxy groups -OCH3 is 2. The van der Waals surface area contributed by atoms with Crippen LogP contribution in [0, 0.1) is 6.92 Å².